The van der Waals surface area contributed by atoms with E-state index in [1.807, 2.05) is 26.8 Å². The Bertz CT molecular complexity index is 305. The quantitative estimate of drug-likeness (QED) is 0.352. The van der Waals surface area contributed by atoms with Gasteiger partial charge in [-0.25, -0.2) is 0 Å². The molecule has 0 N–H and O–H groups in total. The minimum absolute atomic E-state index is 0.631. The zero-order valence-corrected chi connectivity index (χ0v) is 18.7. The first-order valence-electron chi connectivity index (χ1n) is 8.39. The van der Waals surface area contributed by atoms with Crippen LogP contribution >= 0.6 is 0 Å². The number of hydrogen-bond acceptors (Lipinski definition) is 4. The first kappa shape index (κ1) is 22.2. The molecule has 0 aliphatic carbocycles. The van der Waals surface area contributed by atoms with Gasteiger partial charge in [0.05, 0.1) is 0 Å². The average molecular weight is 365 g/mol. The van der Waals surface area contributed by atoms with Crippen LogP contribution in [0, 0.1) is 0 Å². The Morgan fingerprint density at radius 3 is 1.59 bits per heavy atom. The predicted octanol–water partition coefficient (Wildman–Crippen LogP) is 4.65. The summed E-state index contributed by atoms with van der Waals surface area (Å²) in [4.78, 5) is 0. The van der Waals surface area contributed by atoms with Crippen molar-refractivity contribution in [3.63, 3.8) is 0 Å². The molecule has 0 saturated heterocycles. The van der Waals surface area contributed by atoms with Crippen LogP contribution in [0.25, 0.3) is 0 Å². The minimum atomic E-state index is -2.55. The molecule has 0 radical (unpaired) electrons. The van der Waals surface area contributed by atoms with Crippen molar-refractivity contribution in [3.05, 3.63) is 12.7 Å². The molecule has 0 rings (SSSR count). The summed E-state index contributed by atoms with van der Waals surface area (Å²) >= 11 is 0. The molecule has 4 nitrogen and oxygen atoms in total. The molecule has 0 spiro atoms. The molecule has 0 aromatic rings. The van der Waals surface area contributed by atoms with Gasteiger partial charge in [0.2, 0.25) is 0 Å². The van der Waals surface area contributed by atoms with Crippen LogP contribution in [-0.2, 0) is 17.4 Å². The van der Waals surface area contributed by atoms with Gasteiger partial charge in [-0.1, -0.05) is 6.08 Å². The van der Waals surface area contributed by atoms with E-state index in [4.69, 9.17) is 17.4 Å². The maximum absolute atomic E-state index is 6.56. The highest BCUT2D eigenvalue weighted by Crippen LogP contribution is 2.27. The van der Waals surface area contributed by atoms with Crippen molar-refractivity contribution in [3.8, 4) is 0 Å². The van der Waals surface area contributed by atoms with Crippen LogP contribution in [-0.4, -0.2) is 45.3 Å². The fraction of sp³-hybridized carbons (Fsp3) is 0.867. The highest BCUT2D eigenvalue weighted by atomic mass is 28.4. The average Bonchev–Trinajstić information content (AvgIpc) is 2.36. The van der Waals surface area contributed by atoms with Crippen LogP contribution < -0.4 is 0 Å². The third-order valence-corrected chi connectivity index (χ3v) is 14.0. The maximum atomic E-state index is 6.56. The Hall–Kier alpha value is 0.231. The van der Waals surface area contributed by atoms with E-state index in [2.05, 4.69) is 32.8 Å². The van der Waals surface area contributed by atoms with Crippen LogP contribution in [0.2, 0.25) is 44.3 Å². The van der Waals surface area contributed by atoms with E-state index >= 15 is 0 Å². The van der Waals surface area contributed by atoms with Gasteiger partial charge < -0.3 is 17.4 Å². The van der Waals surface area contributed by atoms with Crippen molar-refractivity contribution in [2.75, 3.05) is 19.8 Å². The van der Waals surface area contributed by atoms with E-state index in [0.29, 0.717) is 19.8 Å². The Morgan fingerprint density at radius 2 is 1.23 bits per heavy atom. The molecule has 0 saturated carbocycles. The molecule has 7 heteroatoms. The van der Waals surface area contributed by atoms with Crippen LogP contribution in [0.4, 0.5) is 0 Å². The number of hydrogen-bond donors (Lipinski definition) is 0. The summed E-state index contributed by atoms with van der Waals surface area (Å²) in [7, 11) is -5.97. The summed E-state index contributed by atoms with van der Waals surface area (Å²) in [6.45, 7) is 20.8. The summed E-state index contributed by atoms with van der Waals surface area (Å²) in [6, 6.07) is 2.85. The van der Waals surface area contributed by atoms with Crippen LogP contribution in [0.5, 0.6) is 0 Å². The summed E-state index contributed by atoms with van der Waals surface area (Å²) in [5, 5.41) is 0. The fourth-order valence-corrected chi connectivity index (χ4v) is 15.7. The Morgan fingerprint density at radius 1 is 0.773 bits per heavy atom. The normalized spacial score (nSPS) is 13.4. The van der Waals surface area contributed by atoms with Gasteiger partial charge in [-0.2, -0.15) is 0 Å². The largest absolute Gasteiger partial charge is 0.500 e. The first-order valence-corrected chi connectivity index (χ1v) is 16.5. The van der Waals surface area contributed by atoms with Crippen molar-refractivity contribution >= 4 is 25.4 Å². The van der Waals surface area contributed by atoms with Gasteiger partial charge >= 0.3 is 8.80 Å². The summed E-state index contributed by atoms with van der Waals surface area (Å²) in [5.41, 5.74) is 0. The highest BCUT2D eigenvalue weighted by molar-refractivity contribution is 6.85. The molecular weight excluding hydrogens is 328 g/mol. The van der Waals surface area contributed by atoms with E-state index in [0.717, 1.165) is 18.1 Å². The van der Waals surface area contributed by atoms with Crippen LogP contribution in [0.15, 0.2) is 12.7 Å². The van der Waals surface area contributed by atoms with E-state index in [1.165, 1.54) is 0 Å². The van der Waals surface area contributed by atoms with E-state index in [-0.39, 0.29) is 0 Å². The lowest BCUT2D eigenvalue weighted by Crippen LogP contribution is -2.49. The van der Waals surface area contributed by atoms with E-state index in [1.54, 1.807) is 0 Å². The van der Waals surface area contributed by atoms with E-state index < -0.39 is 25.4 Å². The maximum Gasteiger partial charge on any atom is 0.500 e. The lowest BCUT2D eigenvalue weighted by Gasteiger charge is -2.36. The SMILES string of the molecule is C=CC[Si](C)(C)O[Si](C)(C)CC[Si](OCC)(OCC)OCC. The van der Waals surface area contributed by atoms with Gasteiger partial charge in [0.1, 0.15) is 0 Å². The molecular formula is C15H36O4Si3. The van der Waals surface area contributed by atoms with Gasteiger partial charge in [0.25, 0.3) is 0 Å². The summed E-state index contributed by atoms with van der Waals surface area (Å²) < 4.78 is 24.4. The monoisotopic (exact) mass is 364 g/mol. The zero-order chi connectivity index (χ0) is 17.3. The van der Waals surface area contributed by atoms with Crippen molar-refractivity contribution < 1.29 is 17.4 Å². The standard InChI is InChI=1S/C15H36O4Si3/c1-9-13-20(5,6)19-21(7,8)14-15-22(16-10-2,17-11-3)18-12-4/h9H,1,10-15H2,2-8H3. The predicted molar refractivity (Wildman–Crippen MR) is 101 cm³/mol. The number of rotatable bonds is 13. The molecule has 0 aliphatic rings. The van der Waals surface area contributed by atoms with Gasteiger partial charge in [-0.15, -0.1) is 6.58 Å². The molecule has 0 aliphatic heterocycles. The number of allylic oxidation sites excluding steroid dienone is 1. The molecule has 0 unspecified atom stereocenters. The third-order valence-electron chi connectivity index (χ3n) is 3.31. The van der Waals surface area contributed by atoms with Gasteiger partial charge in [0.15, 0.2) is 16.6 Å². The first-order chi connectivity index (χ1) is 10.2. The Balaban J connectivity index is 4.82. The minimum Gasteiger partial charge on any atom is -0.455 e. The van der Waals surface area contributed by atoms with Crippen molar-refractivity contribution in [1.29, 1.82) is 0 Å². The molecule has 132 valence electrons. The third kappa shape index (κ3) is 8.76. The molecule has 0 aromatic carbocycles. The molecule has 0 atom stereocenters. The zero-order valence-electron chi connectivity index (χ0n) is 15.7. The second kappa shape index (κ2) is 10.2. The van der Waals surface area contributed by atoms with Gasteiger partial charge in [0, 0.05) is 25.9 Å². The molecule has 0 heterocycles. The van der Waals surface area contributed by atoms with Crippen molar-refractivity contribution in [2.45, 2.75) is 65.1 Å². The molecule has 0 aromatic heterocycles. The second-order valence-corrected chi connectivity index (χ2v) is 18.1. The Labute approximate surface area is 140 Å². The summed E-state index contributed by atoms with van der Waals surface area (Å²) in [6.07, 6.45) is 1.98. The van der Waals surface area contributed by atoms with Crippen molar-refractivity contribution in [2.24, 2.45) is 0 Å². The molecule has 22 heavy (non-hydrogen) atoms. The van der Waals surface area contributed by atoms with E-state index in [9.17, 15) is 0 Å². The fourth-order valence-electron chi connectivity index (χ4n) is 2.64. The Kier molecular flexibility index (Phi) is 10.3. The van der Waals surface area contributed by atoms with Crippen molar-refractivity contribution in [1.82, 2.24) is 0 Å². The molecule has 0 bridgehead atoms. The van der Waals surface area contributed by atoms with Crippen LogP contribution in [0.3, 0.4) is 0 Å². The highest BCUT2D eigenvalue weighted by Gasteiger charge is 2.43. The van der Waals surface area contributed by atoms with Gasteiger partial charge in [-0.3, -0.25) is 0 Å². The smallest absolute Gasteiger partial charge is 0.455 e. The summed E-state index contributed by atoms with van der Waals surface area (Å²) in [5.74, 6) is 0. The molecule has 0 amide bonds. The lowest BCUT2D eigenvalue weighted by atomic mass is 10.8. The lowest BCUT2D eigenvalue weighted by molar-refractivity contribution is 0.0723. The second-order valence-electron chi connectivity index (χ2n) is 6.60. The topological polar surface area (TPSA) is 36.9 Å². The van der Waals surface area contributed by atoms with Gasteiger partial charge in [-0.05, 0) is 59.0 Å². The molecule has 0 fully saturated rings. The van der Waals surface area contributed by atoms with Crippen LogP contribution in [0.1, 0.15) is 20.8 Å².